The van der Waals surface area contributed by atoms with Gasteiger partial charge in [-0.2, -0.15) is 0 Å². The summed E-state index contributed by atoms with van der Waals surface area (Å²) in [6.45, 7) is 5.36. The van der Waals surface area contributed by atoms with Gasteiger partial charge in [0.05, 0.1) is 7.11 Å². The van der Waals surface area contributed by atoms with Crippen LogP contribution in [0.2, 0.25) is 0 Å². The third-order valence-electron chi connectivity index (χ3n) is 4.37. The SMILES string of the molecule is CCNC(=NCC(=O)N1CCCCC1)N(C)Cc1ccccc1OC. The lowest BCUT2D eigenvalue weighted by Gasteiger charge is -2.27. The molecule has 0 saturated carbocycles. The number of likely N-dealkylation sites (tertiary alicyclic amines) is 1. The summed E-state index contributed by atoms with van der Waals surface area (Å²) in [5.41, 5.74) is 1.08. The first-order valence-electron chi connectivity index (χ1n) is 9.04. The maximum Gasteiger partial charge on any atom is 0.244 e. The Balaban J connectivity index is 2.01. The lowest BCUT2D eigenvalue weighted by atomic mass is 10.1. The van der Waals surface area contributed by atoms with E-state index in [1.807, 2.05) is 48.0 Å². The molecule has 0 aromatic heterocycles. The number of aliphatic imine (C=N–C) groups is 1. The molecule has 1 aliphatic heterocycles. The zero-order chi connectivity index (χ0) is 18.1. The lowest BCUT2D eigenvalue weighted by Crippen LogP contribution is -2.41. The highest BCUT2D eigenvalue weighted by Gasteiger charge is 2.17. The van der Waals surface area contributed by atoms with Gasteiger partial charge in [-0.05, 0) is 32.3 Å². The summed E-state index contributed by atoms with van der Waals surface area (Å²) in [6.07, 6.45) is 3.42. The molecule has 6 nitrogen and oxygen atoms in total. The Kier molecular flexibility index (Phi) is 7.57. The van der Waals surface area contributed by atoms with E-state index in [1.54, 1.807) is 7.11 Å². The van der Waals surface area contributed by atoms with Crippen LogP contribution in [0.4, 0.5) is 0 Å². The van der Waals surface area contributed by atoms with Gasteiger partial charge in [-0.1, -0.05) is 18.2 Å². The van der Waals surface area contributed by atoms with E-state index in [0.29, 0.717) is 6.54 Å². The number of guanidine groups is 1. The summed E-state index contributed by atoms with van der Waals surface area (Å²) in [4.78, 5) is 20.8. The van der Waals surface area contributed by atoms with E-state index in [9.17, 15) is 4.79 Å². The number of nitrogens with one attached hydrogen (secondary N) is 1. The first-order valence-corrected chi connectivity index (χ1v) is 9.04. The molecule has 0 radical (unpaired) electrons. The molecule has 1 fully saturated rings. The maximum absolute atomic E-state index is 12.3. The standard InChI is InChI=1S/C19H30N4O2/c1-4-20-19(21-14-18(24)23-12-8-5-9-13-23)22(2)15-16-10-6-7-11-17(16)25-3/h6-7,10-11H,4-5,8-9,12-15H2,1-3H3,(H,20,21). The number of piperidine rings is 1. The van der Waals surface area contributed by atoms with Crippen LogP contribution in [0, 0.1) is 0 Å². The minimum absolute atomic E-state index is 0.112. The minimum Gasteiger partial charge on any atom is -0.496 e. The number of rotatable bonds is 6. The zero-order valence-corrected chi connectivity index (χ0v) is 15.6. The van der Waals surface area contributed by atoms with Crippen LogP contribution in [0.1, 0.15) is 31.7 Å². The van der Waals surface area contributed by atoms with Crippen LogP contribution in [-0.2, 0) is 11.3 Å². The van der Waals surface area contributed by atoms with Gasteiger partial charge in [0, 0.05) is 38.8 Å². The number of amides is 1. The Morgan fingerprint density at radius 3 is 2.68 bits per heavy atom. The molecule has 1 amide bonds. The van der Waals surface area contributed by atoms with Gasteiger partial charge < -0.3 is 19.9 Å². The molecule has 1 aliphatic rings. The second-order valence-corrected chi connectivity index (χ2v) is 6.28. The molecule has 0 bridgehead atoms. The van der Waals surface area contributed by atoms with Crippen molar-refractivity contribution < 1.29 is 9.53 Å². The Hall–Kier alpha value is -2.24. The van der Waals surface area contributed by atoms with Crippen molar-refractivity contribution >= 4 is 11.9 Å². The van der Waals surface area contributed by atoms with E-state index in [4.69, 9.17) is 4.74 Å². The second-order valence-electron chi connectivity index (χ2n) is 6.28. The molecule has 1 N–H and O–H groups in total. The molecule has 1 aromatic rings. The van der Waals surface area contributed by atoms with Crippen LogP contribution in [-0.4, -0.2) is 62.0 Å². The van der Waals surface area contributed by atoms with Crippen molar-refractivity contribution in [2.75, 3.05) is 40.3 Å². The molecule has 0 unspecified atom stereocenters. The third kappa shape index (κ3) is 5.66. The topological polar surface area (TPSA) is 57.2 Å². The summed E-state index contributed by atoms with van der Waals surface area (Å²) in [5, 5.41) is 3.26. The van der Waals surface area contributed by atoms with Gasteiger partial charge in [0.25, 0.3) is 0 Å². The van der Waals surface area contributed by atoms with Gasteiger partial charge in [0.1, 0.15) is 12.3 Å². The van der Waals surface area contributed by atoms with Crippen molar-refractivity contribution in [1.29, 1.82) is 0 Å². The van der Waals surface area contributed by atoms with E-state index in [0.717, 1.165) is 49.7 Å². The number of para-hydroxylation sites is 1. The van der Waals surface area contributed by atoms with Crippen LogP contribution in [0.15, 0.2) is 29.3 Å². The number of carbonyl (C=O) groups is 1. The first kappa shape index (κ1) is 19.1. The average molecular weight is 346 g/mol. The quantitative estimate of drug-likeness (QED) is 0.633. The third-order valence-corrected chi connectivity index (χ3v) is 4.37. The van der Waals surface area contributed by atoms with Crippen LogP contribution < -0.4 is 10.1 Å². The maximum atomic E-state index is 12.3. The molecule has 0 atom stereocenters. The molecular weight excluding hydrogens is 316 g/mol. The monoisotopic (exact) mass is 346 g/mol. The molecule has 1 aromatic carbocycles. The van der Waals surface area contributed by atoms with Gasteiger partial charge in [-0.15, -0.1) is 0 Å². The van der Waals surface area contributed by atoms with Gasteiger partial charge in [-0.3, -0.25) is 4.79 Å². The van der Waals surface area contributed by atoms with Gasteiger partial charge in [0.15, 0.2) is 5.96 Å². The van der Waals surface area contributed by atoms with Crippen LogP contribution in [0.3, 0.4) is 0 Å². The lowest BCUT2D eigenvalue weighted by molar-refractivity contribution is -0.130. The average Bonchev–Trinajstić information content (AvgIpc) is 2.65. The fraction of sp³-hybridized carbons (Fsp3) is 0.579. The molecule has 6 heteroatoms. The summed E-state index contributed by atoms with van der Waals surface area (Å²) in [7, 11) is 3.65. The fourth-order valence-electron chi connectivity index (χ4n) is 3.02. The summed E-state index contributed by atoms with van der Waals surface area (Å²) >= 11 is 0. The molecule has 0 spiro atoms. The molecule has 138 valence electrons. The van der Waals surface area contributed by atoms with Crippen molar-refractivity contribution in [3.05, 3.63) is 29.8 Å². The summed E-state index contributed by atoms with van der Waals surface area (Å²) in [6, 6.07) is 7.94. The normalized spacial score (nSPS) is 15.0. The smallest absolute Gasteiger partial charge is 0.244 e. The highest BCUT2D eigenvalue weighted by molar-refractivity contribution is 5.85. The number of carbonyl (C=O) groups excluding carboxylic acids is 1. The van der Waals surface area contributed by atoms with E-state index in [-0.39, 0.29) is 12.5 Å². The molecule has 2 rings (SSSR count). The van der Waals surface area contributed by atoms with Crippen LogP contribution in [0.25, 0.3) is 0 Å². The highest BCUT2D eigenvalue weighted by atomic mass is 16.5. The van der Waals surface area contributed by atoms with Gasteiger partial charge >= 0.3 is 0 Å². The molecule has 1 heterocycles. The molecule has 0 aliphatic carbocycles. The van der Waals surface area contributed by atoms with E-state index < -0.39 is 0 Å². The van der Waals surface area contributed by atoms with Crippen molar-refractivity contribution in [2.45, 2.75) is 32.7 Å². The van der Waals surface area contributed by atoms with Gasteiger partial charge in [-0.25, -0.2) is 4.99 Å². The molecule has 25 heavy (non-hydrogen) atoms. The van der Waals surface area contributed by atoms with Crippen LogP contribution in [0.5, 0.6) is 5.75 Å². The largest absolute Gasteiger partial charge is 0.496 e. The number of methoxy groups -OCH3 is 1. The Bertz CT molecular complexity index is 583. The molecule has 1 saturated heterocycles. The van der Waals surface area contributed by atoms with E-state index >= 15 is 0 Å². The fourth-order valence-corrected chi connectivity index (χ4v) is 3.02. The summed E-state index contributed by atoms with van der Waals surface area (Å²) < 4.78 is 5.42. The van der Waals surface area contributed by atoms with Crippen molar-refractivity contribution in [3.63, 3.8) is 0 Å². The Labute approximate surface area is 150 Å². The Morgan fingerprint density at radius 2 is 2.00 bits per heavy atom. The highest BCUT2D eigenvalue weighted by Crippen LogP contribution is 2.18. The number of ether oxygens (including phenoxy) is 1. The first-order chi connectivity index (χ1) is 12.2. The van der Waals surface area contributed by atoms with Crippen LogP contribution >= 0.6 is 0 Å². The number of nitrogens with zero attached hydrogens (tertiary/aromatic N) is 3. The van der Waals surface area contributed by atoms with Crippen molar-refractivity contribution in [2.24, 2.45) is 4.99 Å². The van der Waals surface area contributed by atoms with E-state index in [1.165, 1.54) is 6.42 Å². The van der Waals surface area contributed by atoms with Gasteiger partial charge in [0.2, 0.25) is 5.91 Å². The van der Waals surface area contributed by atoms with E-state index in [2.05, 4.69) is 10.3 Å². The summed E-state index contributed by atoms with van der Waals surface area (Å²) in [5.74, 6) is 1.70. The zero-order valence-electron chi connectivity index (χ0n) is 15.6. The number of hydrogen-bond acceptors (Lipinski definition) is 3. The predicted octanol–water partition coefficient (Wildman–Crippen LogP) is 2.10. The van der Waals surface area contributed by atoms with Crippen molar-refractivity contribution in [3.8, 4) is 5.75 Å². The number of hydrogen-bond donors (Lipinski definition) is 1. The second kappa shape index (κ2) is 9.91. The van der Waals surface area contributed by atoms with Crippen molar-refractivity contribution in [1.82, 2.24) is 15.1 Å². The Morgan fingerprint density at radius 1 is 1.28 bits per heavy atom. The minimum atomic E-state index is 0.112. The number of benzene rings is 1. The molecular formula is C19H30N4O2. The predicted molar refractivity (Wildman–Crippen MR) is 101 cm³/mol.